The first kappa shape index (κ1) is 12.7. The summed E-state index contributed by atoms with van der Waals surface area (Å²) in [5, 5.41) is 1.64. The average molecular weight is 277 g/mol. The summed E-state index contributed by atoms with van der Waals surface area (Å²) >= 11 is 6.19. The summed E-state index contributed by atoms with van der Waals surface area (Å²) in [6, 6.07) is 7.62. The van der Waals surface area contributed by atoms with Crippen molar-refractivity contribution in [2.75, 3.05) is 6.54 Å². The van der Waals surface area contributed by atoms with Gasteiger partial charge in [-0.15, -0.1) is 0 Å². The SMILES string of the molecule is NCC1CCCC1Oc1ccc(Cl)c2cccnc12. The fraction of sp³-hybridized carbons (Fsp3) is 0.400. The van der Waals surface area contributed by atoms with Crippen LogP contribution in [0, 0.1) is 5.92 Å². The molecule has 0 bridgehead atoms. The molecule has 1 fully saturated rings. The number of halogens is 1. The van der Waals surface area contributed by atoms with E-state index in [1.807, 2.05) is 24.3 Å². The standard InChI is InChI=1S/C15H17ClN2O/c16-12-6-7-14(15-11(12)4-2-8-18-15)19-13-5-1-3-10(13)9-17/h2,4,6-8,10,13H,1,3,5,9,17H2. The Labute approximate surface area is 117 Å². The van der Waals surface area contributed by atoms with Crippen molar-refractivity contribution >= 4 is 22.5 Å². The molecule has 4 heteroatoms. The normalized spacial score (nSPS) is 22.8. The van der Waals surface area contributed by atoms with Gasteiger partial charge in [0, 0.05) is 17.5 Å². The second kappa shape index (κ2) is 5.35. The van der Waals surface area contributed by atoms with E-state index < -0.39 is 0 Å². The van der Waals surface area contributed by atoms with E-state index in [0.717, 1.165) is 29.5 Å². The van der Waals surface area contributed by atoms with E-state index in [2.05, 4.69) is 4.98 Å². The highest BCUT2D eigenvalue weighted by Crippen LogP contribution is 2.34. The summed E-state index contributed by atoms with van der Waals surface area (Å²) in [5.41, 5.74) is 6.63. The van der Waals surface area contributed by atoms with Crippen molar-refractivity contribution < 1.29 is 4.74 Å². The van der Waals surface area contributed by atoms with Crippen LogP contribution >= 0.6 is 11.6 Å². The van der Waals surface area contributed by atoms with Crippen molar-refractivity contribution in [3.63, 3.8) is 0 Å². The molecule has 1 heterocycles. The Morgan fingerprint density at radius 2 is 2.21 bits per heavy atom. The van der Waals surface area contributed by atoms with Gasteiger partial charge in [0.1, 0.15) is 17.4 Å². The molecule has 1 aliphatic carbocycles. The quantitative estimate of drug-likeness (QED) is 0.935. The van der Waals surface area contributed by atoms with E-state index in [4.69, 9.17) is 22.1 Å². The number of pyridine rings is 1. The van der Waals surface area contributed by atoms with Gasteiger partial charge in [-0.2, -0.15) is 0 Å². The highest BCUT2D eigenvalue weighted by molar-refractivity contribution is 6.35. The first-order valence-electron chi connectivity index (χ1n) is 6.69. The summed E-state index contributed by atoms with van der Waals surface area (Å²) < 4.78 is 6.15. The van der Waals surface area contributed by atoms with Crippen LogP contribution in [0.2, 0.25) is 5.02 Å². The van der Waals surface area contributed by atoms with Gasteiger partial charge in [-0.1, -0.05) is 11.6 Å². The van der Waals surface area contributed by atoms with Crippen molar-refractivity contribution in [1.82, 2.24) is 4.98 Å². The lowest BCUT2D eigenvalue weighted by Crippen LogP contribution is -2.27. The number of fused-ring (bicyclic) bond motifs is 1. The topological polar surface area (TPSA) is 48.1 Å². The van der Waals surface area contributed by atoms with E-state index >= 15 is 0 Å². The number of aromatic nitrogens is 1. The van der Waals surface area contributed by atoms with Crippen LogP contribution in [-0.4, -0.2) is 17.6 Å². The maximum atomic E-state index is 6.19. The molecule has 1 aromatic carbocycles. The van der Waals surface area contributed by atoms with Gasteiger partial charge in [0.2, 0.25) is 0 Å². The van der Waals surface area contributed by atoms with Crippen molar-refractivity contribution in [2.24, 2.45) is 11.7 Å². The van der Waals surface area contributed by atoms with Crippen LogP contribution in [0.25, 0.3) is 10.9 Å². The zero-order chi connectivity index (χ0) is 13.2. The van der Waals surface area contributed by atoms with E-state index in [-0.39, 0.29) is 6.10 Å². The fourth-order valence-electron chi connectivity index (χ4n) is 2.80. The Bertz CT molecular complexity index is 587. The summed E-state index contributed by atoms with van der Waals surface area (Å²) in [4.78, 5) is 4.39. The summed E-state index contributed by atoms with van der Waals surface area (Å²) in [5.74, 6) is 1.26. The Morgan fingerprint density at radius 1 is 1.32 bits per heavy atom. The molecule has 2 aromatic rings. The average Bonchev–Trinajstić information content (AvgIpc) is 2.89. The second-order valence-corrected chi connectivity index (χ2v) is 5.44. The van der Waals surface area contributed by atoms with Crippen molar-refractivity contribution in [1.29, 1.82) is 0 Å². The molecule has 3 nitrogen and oxygen atoms in total. The van der Waals surface area contributed by atoms with E-state index in [1.165, 1.54) is 6.42 Å². The van der Waals surface area contributed by atoms with Crippen LogP contribution < -0.4 is 10.5 Å². The third kappa shape index (κ3) is 2.40. The summed E-state index contributed by atoms with van der Waals surface area (Å²) in [7, 11) is 0. The largest absolute Gasteiger partial charge is 0.488 e. The lowest BCUT2D eigenvalue weighted by Gasteiger charge is -2.20. The third-order valence-corrected chi connectivity index (χ3v) is 4.18. The molecule has 1 saturated carbocycles. The monoisotopic (exact) mass is 276 g/mol. The molecule has 19 heavy (non-hydrogen) atoms. The predicted molar refractivity (Wildman–Crippen MR) is 77.6 cm³/mol. The van der Waals surface area contributed by atoms with Gasteiger partial charge >= 0.3 is 0 Å². The lowest BCUT2D eigenvalue weighted by molar-refractivity contribution is 0.164. The first-order valence-corrected chi connectivity index (χ1v) is 7.07. The number of nitrogens with two attached hydrogens (primary N) is 1. The van der Waals surface area contributed by atoms with Crippen LogP contribution in [-0.2, 0) is 0 Å². The van der Waals surface area contributed by atoms with Crippen molar-refractivity contribution in [3.05, 3.63) is 35.5 Å². The first-order chi connectivity index (χ1) is 9.29. The minimum absolute atomic E-state index is 0.205. The molecule has 100 valence electrons. The lowest BCUT2D eigenvalue weighted by atomic mass is 10.1. The number of rotatable bonds is 3. The van der Waals surface area contributed by atoms with E-state index in [9.17, 15) is 0 Å². The molecular weight excluding hydrogens is 260 g/mol. The Morgan fingerprint density at radius 3 is 3.05 bits per heavy atom. The molecule has 0 amide bonds. The third-order valence-electron chi connectivity index (χ3n) is 3.85. The number of nitrogens with zero attached hydrogens (tertiary/aromatic N) is 1. The molecule has 1 aliphatic rings. The summed E-state index contributed by atoms with van der Waals surface area (Å²) in [6.07, 6.45) is 5.38. The maximum absolute atomic E-state index is 6.19. The van der Waals surface area contributed by atoms with Gasteiger partial charge in [0.25, 0.3) is 0 Å². The number of hydrogen-bond donors (Lipinski definition) is 1. The van der Waals surface area contributed by atoms with Crippen LogP contribution in [0.5, 0.6) is 5.75 Å². The zero-order valence-electron chi connectivity index (χ0n) is 10.7. The molecule has 0 radical (unpaired) electrons. The molecule has 0 saturated heterocycles. The van der Waals surface area contributed by atoms with Gasteiger partial charge in [-0.3, -0.25) is 4.98 Å². The van der Waals surface area contributed by atoms with Crippen LogP contribution in [0.4, 0.5) is 0 Å². The smallest absolute Gasteiger partial charge is 0.146 e. The Hall–Kier alpha value is -1.32. The fourth-order valence-corrected chi connectivity index (χ4v) is 3.01. The van der Waals surface area contributed by atoms with Gasteiger partial charge in [-0.25, -0.2) is 0 Å². The van der Waals surface area contributed by atoms with Gasteiger partial charge in [0.05, 0.1) is 5.02 Å². The molecule has 0 aliphatic heterocycles. The van der Waals surface area contributed by atoms with Crippen LogP contribution in [0.15, 0.2) is 30.5 Å². The molecule has 1 aromatic heterocycles. The molecule has 2 atom stereocenters. The molecule has 3 rings (SSSR count). The van der Waals surface area contributed by atoms with Crippen molar-refractivity contribution in [3.8, 4) is 5.75 Å². The van der Waals surface area contributed by atoms with Crippen LogP contribution in [0.3, 0.4) is 0 Å². The predicted octanol–water partition coefficient (Wildman–Crippen LogP) is 3.39. The number of hydrogen-bond acceptors (Lipinski definition) is 3. The molecule has 0 spiro atoms. The van der Waals surface area contributed by atoms with E-state index in [0.29, 0.717) is 17.5 Å². The number of ether oxygens (including phenoxy) is 1. The summed E-state index contributed by atoms with van der Waals surface area (Å²) in [6.45, 7) is 0.684. The Balaban J connectivity index is 1.95. The highest BCUT2D eigenvalue weighted by atomic mass is 35.5. The van der Waals surface area contributed by atoms with Gasteiger partial charge in [-0.05, 0) is 50.1 Å². The van der Waals surface area contributed by atoms with Gasteiger partial charge in [0.15, 0.2) is 0 Å². The second-order valence-electron chi connectivity index (χ2n) is 5.03. The minimum atomic E-state index is 0.205. The maximum Gasteiger partial charge on any atom is 0.146 e. The van der Waals surface area contributed by atoms with Crippen LogP contribution in [0.1, 0.15) is 19.3 Å². The molecular formula is C15H17ClN2O. The van der Waals surface area contributed by atoms with Gasteiger partial charge < -0.3 is 10.5 Å². The van der Waals surface area contributed by atoms with Crippen molar-refractivity contribution in [2.45, 2.75) is 25.4 Å². The van der Waals surface area contributed by atoms with E-state index in [1.54, 1.807) is 6.20 Å². The molecule has 2 N–H and O–H groups in total. The molecule has 2 unspecified atom stereocenters. The Kier molecular flexibility index (Phi) is 3.58. The minimum Gasteiger partial charge on any atom is -0.488 e. The highest BCUT2D eigenvalue weighted by Gasteiger charge is 2.28. The number of benzene rings is 1. The zero-order valence-corrected chi connectivity index (χ0v) is 11.4.